The van der Waals surface area contributed by atoms with Crippen LogP contribution in [-0.4, -0.2) is 11.0 Å². The summed E-state index contributed by atoms with van der Waals surface area (Å²) in [7, 11) is 0. The molecule has 2 aromatic rings. The van der Waals surface area contributed by atoms with Crippen LogP contribution >= 0.6 is 11.6 Å². The zero-order valence-corrected chi connectivity index (χ0v) is 12.1. The van der Waals surface area contributed by atoms with Crippen LogP contribution < -0.4 is 5.32 Å². The molecule has 1 aromatic carbocycles. The lowest BCUT2D eigenvalue weighted by molar-refractivity contribution is 0.588. The van der Waals surface area contributed by atoms with Gasteiger partial charge in [0.15, 0.2) is 0 Å². The van der Waals surface area contributed by atoms with Gasteiger partial charge >= 0.3 is 0 Å². The third kappa shape index (κ3) is 4.34. The minimum atomic E-state index is 0.458. The molecule has 3 heteroatoms. The Morgan fingerprint density at radius 1 is 1.11 bits per heavy atom. The summed E-state index contributed by atoms with van der Waals surface area (Å²) < 4.78 is 0. The van der Waals surface area contributed by atoms with E-state index < -0.39 is 0 Å². The van der Waals surface area contributed by atoms with Crippen LogP contribution in [0.5, 0.6) is 0 Å². The number of nitrogens with one attached hydrogen (secondary N) is 1. The van der Waals surface area contributed by atoms with Crippen LogP contribution in [-0.2, 0) is 13.0 Å². The van der Waals surface area contributed by atoms with E-state index in [0.717, 1.165) is 23.6 Å². The number of benzene rings is 1. The normalized spacial score (nSPS) is 10.9. The third-order valence-electron chi connectivity index (χ3n) is 2.97. The molecule has 2 nitrogen and oxygen atoms in total. The lowest BCUT2D eigenvalue weighted by atomic mass is 10.0. The molecule has 1 heterocycles. The summed E-state index contributed by atoms with van der Waals surface area (Å²) in [6.07, 6.45) is 4.56. The number of hydrogen-bond acceptors (Lipinski definition) is 2. The highest BCUT2D eigenvalue weighted by atomic mass is 35.5. The molecule has 0 saturated carbocycles. The molecule has 0 aliphatic heterocycles. The SMILES string of the molecule is CC(C)NCc1cc(Cc2ccncc2)ccc1Cl. The number of hydrogen-bond donors (Lipinski definition) is 1. The Morgan fingerprint density at radius 3 is 2.53 bits per heavy atom. The molecule has 1 aromatic heterocycles. The summed E-state index contributed by atoms with van der Waals surface area (Å²) in [4.78, 5) is 4.04. The monoisotopic (exact) mass is 274 g/mol. The molecule has 100 valence electrons. The van der Waals surface area contributed by atoms with E-state index in [1.807, 2.05) is 30.6 Å². The lowest BCUT2D eigenvalue weighted by Gasteiger charge is -2.11. The molecule has 19 heavy (non-hydrogen) atoms. The highest BCUT2D eigenvalue weighted by Gasteiger charge is 2.04. The Morgan fingerprint density at radius 2 is 1.84 bits per heavy atom. The fourth-order valence-electron chi connectivity index (χ4n) is 1.92. The Bertz CT molecular complexity index is 524. The van der Waals surface area contributed by atoms with Gasteiger partial charge in [0, 0.05) is 30.0 Å². The number of pyridine rings is 1. The molecular weight excluding hydrogens is 256 g/mol. The van der Waals surface area contributed by atoms with Gasteiger partial charge in [0.2, 0.25) is 0 Å². The Hall–Kier alpha value is -1.38. The summed E-state index contributed by atoms with van der Waals surface area (Å²) in [6, 6.07) is 10.8. The molecule has 0 radical (unpaired) electrons. The lowest BCUT2D eigenvalue weighted by Crippen LogP contribution is -2.22. The quantitative estimate of drug-likeness (QED) is 0.896. The van der Waals surface area contributed by atoms with Gasteiger partial charge in [0.05, 0.1) is 0 Å². The first kappa shape index (κ1) is 14.0. The summed E-state index contributed by atoms with van der Waals surface area (Å²) in [6.45, 7) is 5.07. The maximum Gasteiger partial charge on any atom is 0.0451 e. The third-order valence-corrected chi connectivity index (χ3v) is 3.34. The van der Waals surface area contributed by atoms with Crippen molar-refractivity contribution in [2.24, 2.45) is 0 Å². The van der Waals surface area contributed by atoms with Gasteiger partial charge in [-0.15, -0.1) is 0 Å². The molecule has 0 unspecified atom stereocenters. The highest BCUT2D eigenvalue weighted by Crippen LogP contribution is 2.19. The van der Waals surface area contributed by atoms with Crippen LogP contribution in [0, 0.1) is 0 Å². The minimum absolute atomic E-state index is 0.458. The average molecular weight is 275 g/mol. The second-order valence-electron chi connectivity index (χ2n) is 4.99. The molecule has 0 aliphatic rings. The van der Waals surface area contributed by atoms with E-state index in [0.29, 0.717) is 6.04 Å². The minimum Gasteiger partial charge on any atom is -0.310 e. The van der Waals surface area contributed by atoms with Gasteiger partial charge in [0.1, 0.15) is 0 Å². The highest BCUT2D eigenvalue weighted by molar-refractivity contribution is 6.31. The van der Waals surface area contributed by atoms with E-state index in [1.54, 1.807) is 0 Å². The molecule has 1 N–H and O–H groups in total. The zero-order valence-electron chi connectivity index (χ0n) is 11.4. The fourth-order valence-corrected chi connectivity index (χ4v) is 2.11. The zero-order chi connectivity index (χ0) is 13.7. The number of rotatable bonds is 5. The van der Waals surface area contributed by atoms with E-state index in [1.165, 1.54) is 11.1 Å². The predicted octanol–water partition coefficient (Wildman–Crippen LogP) is 3.82. The average Bonchev–Trinajstić information content (AvgIpc) is 2.40. The van der Waals surface area contributed by atoms with E-state index in [9.17, 15) is 0 Å². The van der Waals surface area contributed by atoms with E-state index in [-0.39, 0.29) is 0 Å². The second kappa shape index (κ2) is 6.69. The van der Waals surface area contributed by atoms with Crippen LogP contribution in [0.3, 0.4) is 0 Å². The van der Waals surface area contributed by atoms with Crippen LogP contribution in [0.1, 0.15) is 30.5 Å². The molecule has 0 saturated heterocycles. The van der Waals surface area contributed by atoms with Crippen LogP contribution in [0.15, 0.2) is 42.7 Å². The van der Waals surface area contributed by atoms with Gasteiger partial charge in [0.25, 0.3) is 0 Å². The van der Waals surface area contributed by atoms with Crippen molar-refractivity contribution in [2.45, 2.75) is 32.9 Å². The summed E-state index contributed by atoms with van der Waals surface area (Å²) in [5.41, 5.74) is 3.69. The van der Waals surface area contributed by atoms with Gasteiger partial charge in [-0.25, -0.2) is 0 Å². The largest absolute Gasteiger partial charge is 0.310 e. The molecular formula is C16H19ClN2. The Kier molecular flexibility index (Phi) is 4.94. The van der Waals surface area contributed by atoms with Crippen molar-refractivity contribution < 1.29 is 0 Å². The van der Waals surface area contributed by atoms with Gasteiger partial charge in [-0.05, 0) is 41.3 Å². The van der Waals surface area contributed by atoms with E-state index >= 15 is 0 Å². The molecule has 2 rings (SSSR count). The van der Waals surface area contributed by atoms with Crippen LogP contribution in [0.25, 0.3) is 0 Å². The fraction of sp³-hybridized carbons (Fsp3) is 0.312. The smallest absolute Gasteiger partial charge is 0.0451 e. The number of halogens is 1. The summed E-state index contributed by atoms with van der Waals surface area (Å²) in [5.74, 6) is 0. The number of nitrogens with zero attached hydrogens (tertiary/aromatic N) is 1. The second-order valence-corrected chi connectivity index (χ2v) is 5.40. The standard InChI is InChI=1S/C16H19ClN2/c1-12(2)19-11-15-10-14(3-4-16(15)17)9-13-5-7-18-8-6-13/h3-8,10,12,19H,9,11H2,1-2H3. The topological polar surface area (TPSA) is 24.9 Å². The molecule has 0 fully saturated rings. The summed E-state index contributed by atoms with van der Waals surface area (Å²) in [5, 5.41) is 4.22. The van der Waals surface area contributed by atoms with Gasteiger partial charge in [-0.1, -0.05) is 37.6 Å². The maximum atomic E-state index is 6.23. The van der Waals surface area contributed by atoms with Gasteiger partial charge in [-0.2, -0.15) is 0 Å². The van der Waals surface area contributed by atoms with Crippen molar-refractivity contribution in [2.75, 3.05) is 0 Å². The van der Waals surface area contributed by atoms with Gasteiger partial charge in [-0.3, -0.25) is 4.98 Å². The van der Waals surface area contributed by atoms with Crippen LogP contribution in [0.2, 0.25) is 5.02 Å². The molecule has 0 atom stereocenters. The van der Waals surface area contributed by atoms with E-state index in [4.69, 9.17) is 11.6 Å². The molecule has 0 amide bonds. The Labute approximate surface area is 119 Å². The first-order chi connectivity index (χ1) is 9.15. The molecule has 0 spiro atoms. The van der Waals surface area contributed by atoms with Crippen molar-refractivity contribution in [1.29, 1.82) is 0 Å². The van der Waals surface area contributed by atoms with Crippen molar-refractivity contribution in [3.8, 4) is 0 Å². The van der Waals surface area contributed by atoms with Gasteiger partial charge < -0.3 is 5.32 Å². The van der Waals surface area contributed by atoms with Crippen molar-refractivity contribution >= 4 is 11.6 Å². The predicted molar refractivity (Wildman–Crippen MR) is 80.5 cm³/mol. The first-order valence-corrected chi connectivity index (χ1v) is 6.92. The van der Waals surface area contributed by atoms with Crippen molar-refractivity contribution in [3.63, 3.8) is 0 Å². The number of aromatic nitrogens is 1. The molecule has 0 aliphatic carbocycles. The summed E-state index contributed by atoms with van der Waals surface area (Å²) >= 11 is 6.23. The Balaban J connectivity index is 2.12. The van der Waals surface area contributed by atoms with Crippen molar-refractivity contribution in [3.05, 3.63) is 64.4 Å². The molecule has 0 bridgehead atoms. The van der Waals surface area contributed by atoms with Crippen LogP contribution in [0.4, 0.5) is 0 Å². The van der Waals surface area contributed by atoms with E-state index in [2.05, 4.69) is 36.3 Å². The van der Waals surface area contributed by atoms with Crippen molar-refractivity contribution in [1.82, 2.24) is 10.3 Å². The first-order valence-electron chi connectivity index (χ1n) is 6.55. The maximum absolute atomic E-state index is 6.23.